The van der Waals surface area contributed by atoms with Crippen LogP contribution in [0.5, 0.6) is 0 Å². The summed E-state index contributed by atoms with van der Waals surface area (Å²) >= 11 is 1.36. The number of anilines is 1. The Labute approximate surface area is 257 Å². The maximum atomic E-state index is 13.9. The second-order valence-electron chi connectivity index (χ2n) is 12.8. The van der Waals surface area contributed by atoms with Gasteiger partial charge in [-0.25, -0.2) is 4.79 Å². The van der Waals surface area contributed by atoms with Crippen LogP contribution in [0.3, 0.4) is 0 Å². The number of nitrogens with zero attached hydrogens (tertiary/aromatic N) is 2. The second-order valence-corrected chi connectivity index (χ2v) is 13.8. The molecule has 3 aliphatic heterocycles. The second kappa shape index (κ2) is 12.9. The van der Waals surface area contributed by atoms with Gasteiger partial charge in [0.2, 0.25) is 0 Å². The van der Waals surface area contributed by atoms with E-state index in [9.17, 15) is 19.5 Å². The highest BCUT2D eigenvalue weighted by molar-refractivity contribution is 7.20. The molecule has 43 heavy (non-hydrogen) atoms. The van der Waals surface area contributed by atoms with Crippen LogP contribution in [0, 0.1) is 5.41 Å². The number of hydrogen-bond donors (Lipinski definition) is 4. The average molecular weight is 613 g/mol. The van der Waals surface area contributed by atoms with Crippen molar-refractivity contribution >= 4 is 34.2 Å². The molecule has 234 valence electrons. The van der Waals surface area contributed by atoms with Crippen LogP contribution in [0.25, 0.3) is 10.4 Å². The summed E-state index contributed by atoms with van der Waals surface area (Å²) in [6.07, 6.45) is 4.35. The number of likely N-dealkylation sites (tertiary alicyclic amines) is 2. The number of benzene rings is 1. The fourth-order valence-electron chi connectivity index (χ4n) is 7.04. The number of hydrogen-bond acceptors (Lipinski definition) is 7. The summed E-state index contributed by atoms with van der Waals surface area (Å²) in [5.41, 5.74) is 1.77. The zero-order chi connectivity index (χ0) is 30.8. The van der Waals surface area contributed by atoms with Gasteiger partial charge in [0.25, 0.3) is 5.91 Å². The van der Waals surface area contributed by atoms with Gasteiger partial charge in [-0.15, -0.1) is 11.3 Å². The van der Waals surface area contributed by atoms with E-state index < -0.39 is 12.3 Å². The van der Waals surface area contributed by atoms with Crippen molar-refractivity contribution in [3.8, 4) is 10.4 Å². The van der Waals surface area contributed by atoms with Gasteiger partial charge in [0.15, 0.2) is 6.29 Å². The molecule has 10 nitrogen and oxygen atoms in total. The summed E-state index contributed by atoms with van der Waals surface area (Å²) in [5.74, 6) is -0.927. The van der Waals surface area contributed by atoms with E-state index in [4.69, 9.17) is 9.84 Å². The number of carbonyl (C=O) groups is 3. The van der Waals surface area contributed by atoms with Crippen molar-refractivity contribution < 1.29 is 29.3 Å². The molecule has 0 bridgehead atoms. The number of amides is 3. The molecule has 0 aliphatic carbocycles. The zero-order valence-electron chi connectivity index (χ0n) is 25.4. The molecule has 2 aromatic rings. The molecule has 4 heterocycles. The van der Waals surface area contributed by atoms with Gasteiger partial charge in [-0.1, -0.05) is 24.3 Å². The fourth-order valence-corrected chi connectivity index (χ4v) is 8.09. The lowest BCUT2D eigenvalue weighted by Crippen LogP contribution is -2.54. The molecular formula is C32H44N4O6S. The lowest BCUT2D eigenvalue weighted by Gasteiger charge is -2.46. The van der Waals surface area contributed by atoms with Crippen LogP contribution in [-0.4, -0.2) is 88.6 Å². The Kier molecular flexibility index (Phi) is 9.46. The van der Waals surface area contributed by atoms with Gasteiger partial charge >= 0.3 is 12.0 Å². The average Bonchev–Trinajstić information content (AvgIpc) is 3.48. The molecule has 11 heteroatoms. The van der Waals surface area contributed by atoms with Crippen LogP contribution in [0.2, 0.25) is 0 Å². The molecule has 3 aliphatic rings. The standard InChI is InChI=1S/C32H44N4O6S/c1-4-33-30(41)34-27-24(18-25(43-27)22-9-6-21(7-10-22)8-11-26(37)38)28(39)35-16-12-23(13-17-35)36-15-5-14-32(20-36)19-31(2,3)42-29(32)40/h6-7,9-10,18,23,29,40H,4-5,8,11-17,19-20H2,1-3H3,(H,37,38)(H2,33,34,41). The highest BCUT2D eigenvalue weighted by Crippen LogP contribution is 2.49. The first-order chi connectivity index (χ1) is 20.5. The van der Waals surface area contributed by atoms with Crippen LogP contribution in [0.1, 0.15) is 75.2 Å². The minimum atomic E-state index is -0.832. The van der Waals surface area contributed by atoms with E-state index in [2.05, 4.69) is 29.4 Å². The van der Waals surface area contributed by atoms with Crippen molar-refractivity contribution in [2.45, 2.75) is 83.6 Å². The van der Waals surface area contributed by atoms with E-state index in [0.717, 1.165) is 61.2 Å². The van der Waals surface area contributed by atoms with Gasteiger partial charge < -0.3 is 25.2 Å². The summed E-state index contributed by atoms with van der Waals surface area (Å²) < 4.78 is 5.91. The Morgan fingerprint density at radius 1 is 1.12 bits per heavy atom. The quantitative estimate of drug-likeness (QED) is 0.338. The molecule has 3 fully saturated rings. The first-order valence-electron chi connectivity index (χ1n) is 15.4. The van der Waals surface area contributed by atoms with Crippen molar-refractivity contribution in [3.63, 3.8) is 0 Å². The van der Waals surface area contributed by atoms with Crippen LogP contribution >= 0.6 is 11.3 Å². The SMILES string of the molecule is CCNC(=O)Nc1sc(-c2ccc(CCC(=O)O)cc2)cc1C(=O)N1CCC(N2CCCC3(C2)CC(C)(C)OC3O)CC1. The number of carboxylic acids is 1. The number of carboxylic acid groups (broad SMARTS) is 1. The smallest absolute Gasteiger partial charge is 0.319 e. The van der Waals surface area contributed by atoms with E-state index in [1.165, 1.54) is 11.3 Å². The van der Waals surface area contributed by atoms with Gasteiger partial charge in [0, 0.05) is 48.9 Å². The lowest BCUT2D eigenvalue weighted by molar-refractivity contribution is -0.168. The molecule has 2 unspecified atom stereocenters. The summed E-state index contributed by atoms with van der Waals surface area (Å²) in [6, 6.07) is 9.52. The molecule has 0 radical (unpaired) electrons. The van der Waals surface area contributed by atoms with Crippen molar-refractivity contribution in [2.24, 2.45) is 5.41 Å². The highest BCUT2D eigenvalue weighted by Gasteiger charge is 2.53. The maximum absolute atomic E-state index is 13.9. The summed E-state index contributed by atoms with van der Waals surface area (Å²) in [4.78, 5) is 42.5. The monoisotopic (exact) mass is 612 g/mol. The Balaban J connectivity index is 1.27. The third kappa shape index (κ3) is 7.22. The minimum Gasteiger partial charge on any atom is -0.481 e. The maximum Gasteiger partial charge on any atom is 0.319 e. The number of rotatable bonds is 8. The van der Waals surface area contributed by atoms with Gasteiger partial charge in [0.1, 0.15) is 5.00 Å². The van der Waals surface area contributed by atoms with Crippen molar-refractivity contribution in [3.05, 3.63) is 41.5 Å². The molecule has 0 saturated carbocycles. The van der Waals surface area contributed by atoms with Gasteiger partial charge in [0.05, 0.1) is 11.2 Å². The number of nitrogens with one attached hydrogen (secondary N) is 2. The number of ether oxygens (including phenoxy) is 1. The Morgan fingerprint density at radius 3 is 2.47 bits per heavy atom. The van der Waals surface area contributed by atoms with Gasteiger partial charge in [-0.05, 0) is 83.0 Å². The molecular weight excluding hydrogens is 568 g/mol. The molecule has 1 aromatic carbocycles. The van der Waals surface area contributed by atoms with Crippen LogP contribution in [0.15, 0.2) is 30.3 Å². The number of carbonyl (C=O) groups excluding carboxylic acids is 2. The topological polar surface area (TPSA) is 131 Å². The molecule has 4 N–H and O–H groups in total. The van der Waals surface area contributed by atoms with E-state index >= 15 is 0 Å². The van der Waals surface area contributed by atoms with Gasteiger partial charge in [-0.2, -0.15) is 0 Å². The molecule has 2 atom stereocenters. The number of aliphatic hydroxyl groups excluding tert-OH is 1. The molecule has 1 spiro atoms. The molecule has 1 aromatic heterocycles. The third-order valence-electron chi connectivity index (χ3n) is 9.03. The number of aryl methyl sites for hydroxylation is 1. The first-order valence-corrected chi connectivity index (χ1v) is 16.2. The molecule has 3 saturated heterocycles. The summed E-state index contributed by atoms with van der Waals surface area (Å²) in [5, 5.41) is 25.9. The minimum absolute atomic E-state index is 0.0709. The third-order valence-corrected chi connectivity index (χ3v) is 10.1. The zero-order valence-corrected chi connectivity index (χ0v) is 26.2. The fraction of sp³-hybridized carbons (Fsp3) is 0.594. The lowest BCUT2D eigenvalue weighted by atomic mass is 9.74. The largest absolute Gasteiger partial charge is 0.481 e. The summed E-state index contributed by atoms with van der Waals surface area (Å²) in [7, 11) is 0. The van der Waals surface area contributed by atoms with Crippen LogP contribution < -0.4 is 10.6 Å². The van der Waals surface area contributed by atoms with Crippen molar-refractivity contribution in [1.82, 2.24) is 15.1 Å². The van der Waals surface area contributed by atoms with Crippen LogP contribution in [0.4, 0.5) is 9.80 Å². The highest BCUT2D eigenvalue weighted by atomic mass is 32.1. The normalized spacial score (nSPS) is 24.3. The molecule has 5 rings (SSSR count). The molecule has 3 amide bonds. The van der Waals surface area contributed by atoms with E-state index in [-0.39, 0.29) is 29.4 Å². The Morgan fingerprint density at radius 2 is 1.84 bits per heavy atom. The Hall–Kier alpha value is -2.99. The first kappa shape index (κ1) is 31.4. The van der Waals surface area contributed by atoms with E-state index in [0.29, 0.717) is 42.7 Å². The van der Waals surface area contributed by atoms with Crippen molar-refractivity contribution in [1.29, 1.82) is 0 Å². The Bertz CT molecular complexity index is 1320. The number of aliphatic carboxylic acids is 1. The predicted octanol–water partition coefficient (Wildman–Crippen LogP) is 4.78. The number of thiophene rings is 1. The van der Waals surface area contributed by atoms with Gasteiger partial charge in [-0.3, -0.25) is 19.8 Å². The predicted molar refractivity (Wildman–Crippen MR) is 166 cm³/mol. The van der Waals surface area contributed by atoms with Crippen LogP contribution in [-0.2, 0) is 16.0 Å². The number of urea groups is 1. The van der Waals surface area contributed by atoms with E-state index in [1.54, 1.807) is 0 Å². The number of aliphatic hydroxyl groups is 1. The number of piperidine rings is 2. The van der Waals surface area contributed by atoms with E-state index in [1.807, 2.05) is 42.2 Å². The summed E-state index contributed by atoms with van der Waals surface area (Å²) in [6.45, 7) is 9.48. The van der Waals surface area contributed by atoms with Crippen molar-refractivity contribution in [2.75, 3.05) is 38.0 Å².